The van der Waals surface area contributed by atoms with E-state index in [9.17, 15) is 31.2 Å². The highest BCUT2D eigenvalue weighted by Gasteiger charge is 2.37. The van der Waals surface area contributed by atoms with Crippen LogP contribution in [-0.4, -0.2) is 62.3 Å². The second kappa shape index (κ2) is 13.0. The van der Waals surface area contributed by atoms with Gasteiger partial charge in [0, 0.05) is 31.7 Å². The molecule has 1 aromatic heterocycles. The van der Waals surface area contributed by atoms with Crippen LogP contribution in [0.25, 0.3) is 0 Å². The van der Waals surface area contributed by atoms with Crippen LogP contribution in [0.2, 0.25) is 4.34 Å². The first-order valence-corrected chi connectivity index (χ1v) is 15.6. The van der Waals surface area contributed by atoms with Crippen molar-refractivity contribution in [2.24, 2.45) is 0 Å². The fraction of sp³-hybridized carbons (Fsp3) is 0.357. The van der Waals surface area contributed by atoms with E-state index in [1.165, 1.54) is 28.4 Å². The summed E-state index contributed by atoms with van der Waals surface area (Å²) in [5, 5.41) is 0. The van der Waals surface area contributed by atoms with Crippen molar-refractivity contribution >= 4 is 44.8 Å². The number of piperidine rings is 1. The molecule has 1 fully saturated rings. The summed E-state index contributed by atoms with van der Waals surface area (Å²) in [5.74, 6) is -0.564. The van der Waals surface area contributed by atoms with Gasteiger partial charge >= 0.3 is 12.1 Å². The number of amides is 1. The Kier molecular flexibility index (Phi) is 9.86. The maximum absolute atomic E-state index is 13.9. The third-order valence-corrected chi connectivity index (χ3v) is 9.90. The first kappa shape index (κ1) is 31.8. The van der Waals surface area contributed by atoms with E-state index in [1.807, 2.05) is 0 Å². The Morgan fingerprint density at radius 3 is 2.38 bits per heavy atom. The summed E-state index contributed by atoms with van der Waals surface area (Å²) in [6.07, 6.45) is -3.73. The Hall–Kier alpha value is -3.13. The number of carbonyl (C=O) groups is 2. The Morgan fingerprint density at radius 1 is 1.12 bits per heavy atom. The molecule has 1 saturated heterocycles. The van der Waals surface area contributed by atoms with Crippen molar-refractivity contribution in [1.29, 1.82) is 0 Å². The molecule has 0 radical (unpaired) electrons. The molecule has 0 saturated carbocycles. The van der Waals surface area contributed by atoms with Crippen molar-refractivity contribution in [3.05, 3.63) is 80.5 Å². The highest BCUT2D eigenvalue weighted by molar-refractivity contribution is 7.89. The van der Waals surface area contributed by atoms with Crippen LogP contribution in [0.15, 0.2) is 59.5 Å². The SMILES string of the molecule is CCOc1cc(Cl)sc1C(=O)N1CCCC(N(Cc2ccc(C(=O)OC)cc2)S(=O)(=O)c2ccc(C(F)(F)F)cc2)C1. The summed E-state index contributed by atoms with van der Waals surface area (Å²) in [6, 6.07) is 10.3. The van der Waals surface area contributed by atoms with E-state index in [-0.39, 0.29) is 29.5 Å². The normalized spacial score (nSPS) is 16.0. The number of hydrogen-bond acceptors (Lipinski definition) is 7. The van der Waals surface area contributed by atoms with Crippen LogP contribution in [0.1, 0.15) is 50.9 Å². The Labute approximate surface area is 250 Å². The van der Waals surface area contributed by atoms with E-state index in [4.69, 9.17) is 21.1 Å². The van der Waals surface area contributed by atoms with Crippen LogP contribution in [0.4, 0.5) is 13.2 Å². The number of rotatable bonds is 9. The lowest BCUT2D eigenvalue weighted by molar-refractivity contribution is -0.137. The van der Waals surface area contributed by atoms with Gasteiger partial charge in [0.1, 0.15) is 10.6 Å². The number of carbonyl (C=O) groups excluding carboxylic acids is 2. The van der Waals surface area contributed by atoms with E-state index in [0.29, 0.717) is 46.5 Å². The molecule has 1 aliphatic heterocycles. The maximum atomic E-state index is 13.9. The van der Waals surface area contributed by atoms with Gasteiger partial charge in [-0.15, -0.1) is 11.3 Å². The number of benzene rings is 2. The van der Waals surface area contributed by atoms with Gasteiger partial charge in [0.05, 0.1) is 34.1 Å². The zero-order valence-corrected chi connectivity index (χ0v) is 25.1. The van der Waals surface area contributed by atoms with E-state index < -0.39 is 33.8 Å². The molecule has 1 amide bonds. The van der Waals surface area contributed by atoms with Crippen molar-refractivity contribution in [1.82, 2.24) is 9.21 Å². The summed E-state index contributed by atoms with van der Waals surface area (Å²) in [4.78, 5) is 26.9. The third kappa shape index (κ3) is 7.08. The average molecular weight is 645 g/mol. The molecule has 4 rings (SSSR count). The van der Waals surface area contributed by atoms with Crippen LogP contribution in [0, 0.1) is 0 Å². The largest absolute Gasteiger partial charge is 0.492 e. The molecule has 0 spiro atoms. The summed E-state index contributed by atoms with van der Waals surface area (Å²) in [6.45, 7) is 2.37. The summed E-state index contributed by atoms with van der Waals surface area (Å²) >= 11 is 7.21. The molecular weight excluding hydrogens is 617 g/mol. The van der Waals surface area contributed by atoms with Gasteiger partial charge in [-0.2, -0.15) is 17.5 Å². The van der Waals surface area contributed by atoms with Crippen LogP contribution < -0.4 is 4.74 Å². The predicted molar refractivity (Wildman–Crippen MR) is 151 cm³/mol. The molecule has 226 valence electrons. The minimum atomic E-state index is -4.63. The lowest BCUT2D eigenvalue weighted by Gasteiger charge is -2.38. The lowest BCUT2D eigenvalue weighted by atomic mass is 10.0. The molecule has 0 N–H and O–H groups in total. The van der Waals surface area contributed by atoms with Gasteiger partial charge in [-0.3, -0.25) is 4.79 Å². The average Bonchev–Trinajstić information content (AvgIpc) is 3.34. The fourth-order valence-electron chi connectivity index (χ4n) is 4.68. The number of ether oxygens (including phenoxy) is 2. The molecule has 3 aromatic rings. The number of sulfonamides is 1. The number of methoxy groups -OCH3 is 1. The van der Waals surface area contributed by atoms with Crippen LogP contribution in [0.3, 0.4) is 0 Å². The van der Waals surface area contributed by atoms with Gasteiger partial charge in [-0.05, 0) is 61.7 Å². The van der Waals surface area contributed by atoms with E-state index >= 15 is 0 Å². The molecule has 8 nitrogen and oxygen atoms in total. The zero-order valence-electron chi connectivity index (χ0n) is 22.7. The molecule has 2 heterocycles. The maximum Gasteiger partial charge on any atom is 0.416 e. The summed E-state index contributed by atoms with van der Waals surface area (Å²) in [5.41, 5.74) is -0.168. The number of alkyl halides is 3. The van der Waals surface area contributed by atoms with Crippen molar-refractivity contribution < 1.29 is 40.7 Å². The van der Waals surface area contributed by atoms with Gasteiger partial charge in [0.2, 0.25) is 10.0 Å². The Bertz CT molecular complexity index is 1530. The van der Waals surface area contributed by atoms with Crippen molar-refractivity contribution in [2.45, 2.75) is 43.4 Å². The smallest absolute Gasteiger partial charge is 0.416 e. The highest BCUT2D eigenvalue weighted by atomic mass is 35.5. The van der Waals surface area contributed by atoms with E-state index in [2.05, 4.69) is 0 Å². The molecular formula is C28H28ClF3N2O6S2. The zero-order chi connectivity index (χ0) is 30.7. The molecule has 2 aromatic carbocycles. The van der Waals surface area contributed by atoms with Crippen molar-refractivity contribution in [3.8, 4) is 5.75 Å². The predicted octanol–water partition coefficient (Wildman–Crippen LogP) is 6.10. The monoisotopic (exact) mass is 644 g/mol. The molecule has 1 unspecified atom stereocenters. The third-order valence-electron chi connectivity index (χ3n) is 6.75. The number of hydrogen-bond donors (Lipinski definition) is 0. The number of halogens is 4. The Morgan fingerprint density at radius 2 is 1.79 bits per heavy atom. The summed E-state index contributed by atoms with van der Waals surface area (Å²) in [7, 11) is -3.08. The number of likely N-dealkylation sites (tertiary alicyclic amines) is 1. The van der Waals surface area contributed by atoms with Gasteiger partial charge < -0.3 is 14.4 Å². The number of esters is 1. The molecule has 0 bridgehead atoms. The van der Waals surface area contributed by atoms with Gasteiger partial charge in [-0.25, -0.2) is 13.2 Å². The number of nitrogens with zero attached hydrogens (tertiary/aromatic N) is 2. The second-order valence-electron chi connectivity index (χ2n) is 9.49. The fourth-order valence-corrected chi connectivity index (χ4v) is 7.44. The minimum Gasteiger partial charge on any atom is -0.492 e. The van der Waals surface area contributed by atoms with E-state index in [1.54, 1.807) is 25.1 Å². The summed E-state index contributed by atoms with van der Waals surface area (Å²) < 4.78 is 79.2. The first-order valence-electron chi connectivity index (χ1n) is 12.9. The molecule has 0 aliphatic carbocycles. The lowest BCUT2D eigenvalue weighted by Crippen LogP contribution is -2.51. The highest BCUT2D eigenvalue weighted by Crippen LogP contribution is 2.36. The Balaban J connectivity index is 1.67. The standard InChI is InChI=1S/C28H28ClF3N2O6S2/c1-3-40-23-15-24(29)41-25(23)26(35)33-14-4-5-21(17-33)34(16-18-6-8-19(9-7-18)27(36)39-2)42(37,38)22-12-10-20(11-13-22)28(30,31)32/h6-13,15,21H,3-5,14,16-17H2,1-2H3. The number of thiophene rings is 1. The second-order valence-corrected chi connectivity index (χ2v) is 13.1. The topological polar surface area (TPSA) is 93.2 Å². The first-order chi connectivity index (χ1) is 19.8. The van der Waals surface area contributed by atoms with Crippen molar-refractivity contribution in [2.75, 3.05) is 26.8 Å². The van der Waals surface area contributed by atoms with Gasteiger partial charge in [0.15, 0.2) is 0 Å². The molecule has 1 aliphatic rings. The molecule has 42 heavy (non-hydrogen) atoms. The van der Waals surface area contributed by atoms with Gasteiger partial charge in [0.25, 0.3) is 5.91 Å². The molecule has 14 heteroatoms. The van der Waals surface area contributed by atoms with Crippen LogP contribution in [-0.2, 0) is 27.5 Å². The minimum absolute atomic E-state index is 0.0417. The van der Waals surface area contributed by atoms with Crippen LogP contribution >= 0.6 is 22.9 Å². The molecule has 1 atom stereocenters. The van der Waals surface area contributed by atoms with Gasteiger partial charge in [-0.1, -0.05) is 23.7 Å². The quantitative estimate of drug-likeness (QED) is 0.261. The van der Waals surface area contributed by atoms with E-state index in [0.717, 1.165) is 35.6 Å². The van der Waals surface area contributed by atoms with Crippen LogP contribution in [0.5, 0.6) is 5.75 Å². The van der Waals surface area contributed by atoms with Crippen molar-refractivity contribution in [3.63, 3.8) is 0 Å².